The maximum Gasteiger partial charge on any atom is 0.334 e. The van der Waals surface area contributed by atoms with Gasteiger partial charge in [0, 0.05) is 25.0 Å². The Kier molecular flexibility index (Phi) is 6.44. The maximum absolute atomic E-state index is 12.3. The Bertz CT molecular complexity index is 575. The van der Waals surface area contributed by atoms with Crippen LogP contribution in [0.4, 0.5) is 0 Å². The molecule has 1 aliphatic carbocycles. The summed E-state index contributed by atoms with van der Waals surface area (Å²) in [6, 6.07) is 0. The van der Waals surface area contributed by atoms with Crippen LogP contribution in [-0.4, -0.2) is 35.9 Å². The van der Waals surface area contributed by atoms with Crippen molar-refractivity contribution < 1.29 is 24.2 Å². The van der Waals surface area contributed by atoms with Gasteiger partial charge >= 0.3 is 11.9 Å². The highest BCUT2D eigenvalue weighted by molar-refractivity contribution is 5.91. The lowest BCUT2D eigenvalue weighted by molar-refractivity contribution is -0.152. The van der Waals surface area contributed by atoms with Crippen molar-refractivity contribution in [3.63, 3.8) is 0 Å². The summed E-state index contributed by atoms with van der Waals surface area (Å²) in [7, 11) is 0. The first-order valence-corrected chi connectivity index (χ1v) is 9.15. The zero-order chi connectivity index (χ0) is 18.7. The Morgan fingerprint density at radius 2 is 2.08 bits per heavy atom. The van der Waals surface area contributed by atoms with Gasteiger partial charge in [-0.15, -0.1) is 0 Å². The summed E-state index contributed by atoms with van der Waals surface area (Å²) in [5.41, 5.74) is 2.56. The third kappa shape index (κ3) is 4.32. The van der Waals surface area contributed by atoms with Crippen LogP contribution in [-0.2, 0) is 19.1 Å². The number of ether oxygens (including phenoxy) is 2. The van der Waals surface area contributed by atoms with Crippen molar-refractivity contribution >= 4 is 11.9 Å². The van der Waals surface area contributed by atoms with E-state index >= 15 is 0 Å². The Morgan fingerprint density at radius 3 is 2.68 bits per heavy atom. The van der Waals surface area contributed by atoms with Crippen molar-refractivity contribution in [2.45, 2.75) is 65.6 Å². The zero-order valence-corrected chi connectivity index (χ0v) is 15.7. The van der Waals surface area contributed by atoms with Crippen LogP contribution in [0.3, 0.4) is 0 Å². The molecule has 0 saturated carbocycles. The molecule has 0 bridgehead atoms. The first-order valence-electron chi connectivity index (χ1n) is 9.15. The SMILES string of the molecule is C=C1C(=O)OC2CC(C)=C(C(C)CCCO)C(OC(=O)CC(C)C)C12. The van der Waals surface area contributed by atoms with Gasteiger partial charge in [0.1, 0.15) is 12.2 Å². The smallest absolute Gasteiger partial charge is 0.334 e. The lowest BCUT2D eigenvalue weighted by atomic mass is 9.73. The summed E-state index contributed by atoms with van der Waals surface area (Å²) in [6.45, 7) is 12.1. The van der Waals surface area contributed by atoms with Crippen molar-refractivity contribution in [1.29, 1.82) is 0 Å². The lowest BCUT2D eigenvalue weighted by Gasteiger charge is -2.37. The molecule has 1 N–H and O–H groups in total. The summed E-state index contributed by atoms with van der Waals surface area (Å²) in [6.07, 6.45) is 1.68. The summed E-state index contributed by atoms with van der Waals surface area (Å²) < 4.78 is 11.3. The van der Waals surface area contributed by atoms with E-state index in [1.54, 1.807) is 0 Å². The van der Waals surface area contributed by atoms with E-state index < -0.39 is 12.1 Å². The van der Waals surface area contributed by atoms with Crippen molar-refractivity contribution in [3.8, 4) is 0 Å². The number of rotatable bonds is 7. The first-order chi connectivity index (χ1) is 11.8. The number of fused-ring (bicyclic) bond motifs is 1. The van der Waals surface area contributed by atoms with Gasteiger partial charge in [0.05, 0.1) is 5.92 Å². The molecule has 0 spiro atoms. The Balaban J connectivity index is 2.32. The average molecular weight is 350 g/mol. The van der Waals surface area contributed by atoms with Crippen LogP contribution < -0.4 is 0 Å². The van der Waals surface area contributed by atoms with Crippen molar-refractivity contribution in [1.82, 2.24) is 0 Å². The minimum absolute atomic E-state index is 0.134. The number of hydrogen-bond acceptors (Lipinski definition) is 5. The summed E-state index contributed by atoms with van der Waals surface area (Å²) in [5, 5.41) is 9.14. The van der Waals surface area contributed by atoms with Gasteiger partial charge < -0.3 is 14.6 Å². The Labute approximate surface area is 150 Å². The molecule has 1 aliphatic heterocycles. The van der Waals surface area contributed by atoms with Crippen molar-refractivity contribution in [3.05, 3.63) is 23.3 Å². The predicted octanol–water partition coefficient (Wildman–Crippen LogP) is 3.17. The van der Waals surface area contributed by atoms with Crippen LogP contribution >= 0.6 is 0 Å². The number of aliphatic hydroxyl groups is 1. The number of carbonyl (C=O) groups excluding carboxylic acids is 2. The summed E-state index contributed by atoms with van der Waals surface area (Å²) in [5.74, 6) is -0.589. The van der Waals surface area contributed by atoms with Gasteiger partial charge in [0.15, 0.2) is 0 Å². The van der Waals surface area contributed by atoms with Gasteiger partial charge in [0.25, 0.3) is 0 Å². The van der Waals surface area contributed by atoms with Crippen LogP contribution in [0.25, 0.3) is 0 Å². The fraction of sp³-hybridized carbons (Fsp3) is 0.700. The third-order valence-corrected chi connectivity index (χ3v) is 5.12. The van der Waals surface area contributed by atoms with Gasteiger partial charge in [0.2, 0.25) is 0 Å². The molecule has 4 unspecified atom stereocenters. The summed E-state index contributed by atoms with van der Waals surface area (Å²) >= 11 is 0. The standard InChI is InChI=1S/C20H30O5/c1-11(2)9-16(22)25-19-17(12(3)7-6-8-21)13(4)10-15-18(19)14(5)20(23)24-15/h11-12,15,18-19,21H,5-10H2,1-4H3. The molecule has 1 fully saturated rings. The monoisotopic (exact) mass is 350 g/mol. The molecule has 5 nitrogen and oxygen atoms in total. The van der Waals surface area contributed by atoms with Gasteiger partial charge in [-0.2, -0.15) is 0 Å². The topological polar surface area (TPSA) is 72.8 Å². The molecule has 0 aromatic rings. The Morgan fingerprint density at radius 1 is 1.40 bits per heavy atom. The largest absolute Gasteiger partial charge is 0.458 e. The molecule has 0 aromatic carbocycles. The molecule has 0 amide bonds. The molecule has 1 saturated heterocycles. The van der Waals surface area contributed by atoms with E-state index in [1.807, 2.05) is 20.8 Å². The van der Waals surface area contributed by atoms with Crippen LogP contribution in [0.15, 0.2) is 23.3 Å². The Hall–Kier alpha value is -1.62. The highest BCUT2D eigenvalue weighted by atomic mass is 16.6. The number of esters is 2. The molecule has 2 aliphatic rings. The molecular formula is C20H30O5. The van der Waals surface area contributed by atoms with Gasteiger partial charge in [-0.25, -0.2) is 4.79 Å². The summed E-state index contributed by atoms with van der Waals surface area (Å²) in [4.78, 5) is 24.3. The van der Waals surface area contributed by atoms with E-state index in [4.69, 9.17) is 14.6 Å². The lowest BCUT2D eigenvalue weighted by Crippen LogP contribution is -2.41. The highest BCUT2D eigenvalue weighted by Crippen LogP contribution is 2.45. The van der Waals surface area contributed by atoms with Crippen molar-refractivity contribution in [2.24, 2.45) is 17.8 Å². The quantitative estimate of drug-likeness (QED) is 0.434. The molecule has 1 heterocycles. The highest BCUT2D eigenvalue weighted by Gasteiger charge is 2.50. The number of aliphatic hydroxyl groups excluding tert-OH is 1. The van der Waals surface area contributed by atoms with E-state index in [9.17, 15) is 9.59 Å². The minimum atomic E-state index is -0.502. The fourth-order valence-electron chi connectivity index (χ4n) is 3.96. The first kappa shape index (κ1) is 19.7. The van der Waals surface area contributed by atoms with Crippen LogP contribution in [0.5, 0.6) is 0 Å². The van der Waals surface area contributed by atoms with E-state index in [0.717, 1.165) is 17.6 Å². The van der Waals surface area contributed by atoms with Gasteiger partial charge in [-0.1, -0.05) is 32.9 Å². The molecule has 2 rings (SSSR count). The van der Waals surface area contributed by atoms with E-state index in [-0.39, 0.29) is 36.4 Å². The third-order valence-electron chi connectivity index (χ3n) is 5.12. The van der Waals surface area contributed by atoms with Crippen molar-refractivity contribution in [2.75, 3.05) is 6.61 Å². The molecule has 4 atom stereocenters. The van der Waals surface area contributed by atoms with E-state index in [2.05, 4.69) is 13.5 Å². The molecule has 0 aromatic heterocycles. The van der Waals surface area contributed by atoms with E-state index in [0.29, 0.717) is 24.8 Å². The average Bonchev–Trinajstić information content (AvgIpc) is 2.78. The maximum atomic E-state index is 12.3. The fourth-order valence-corrected chi connectivity index (χ4v) is 3.96. The van der Waals surface area contributed by atoms with E-state index in [1.165, 1.54) is 0 Å². The van der Waals surface area contributed by atoms with Gasteiger partial charge in [-0.3, -0.25) is 4.79 Å². The number of hydrogen-bond donors (Lipinski definition) is 1. The second-order valence-electron chi connectivity index (χ2n) is 7.71. The zero-order valence-electron chi connectivity index (χ0n) is 15.7. The molecule has 0 radical (unpaired) electrons. The minimum Gasteiger partial charge on any atom is -0.458 e. The van der Waals surface area contributed by atoms with Crippen LogP contribution in [0, 0.1) is 17.8 Å². The molecular weight excluding hydrogens is 320 g/mol. The van der Waals surface area contributed by atoms with Crippen LogP contribution in [0.1, 0.15) is 53.4 Å². The van der Waals surface area contributed by atoms with Gasteiger partial charge in [-0.05, 0) is 37.2 Å². The second kappa shape index (κ2) is 8.17. The van der Waals surface area contributed by atoms with Crippen LogP contribution in [0.2, 0.25) is 0 Å². The normalized spacial score (nSPS) is 27.4. The predicted molar refractivity (Wildman–Crippen MR) is 94.6 cm³/mol. The molecule has 5 heteroatoms. The number of carbonyl (C=O) groups is 2. The second-order valence-corrected chi connectivity index (χ2v) is 7.71. The molecule has 25 heavy (non-hydrogen) atoms. The molecule has 140 valence electrons.